The van der Waals surface area contributed by atoms with Gasteiger partial charge in [0.1, 0.15) is 11.9 Å². The van der Waals surface area contributed by atoms with Gasteiger partial charge in [-0.1, -0.05) is 41.0 Å². The van der Waals surface area contributed by atoms with Gasteiger partial charge in [-0.2, -0.15) is 5.23 Å². The first-order valence-electron chi connectivity index (χ1n) is 11.5. The van der Waals surface area contributed by atoms with E-state index in [0.29, 0.717) is 29.9 Å². The Morgan fingerprint density at radius 2 is 1.74 bits per heavy atom. The van der Waals surface area contributed by atoms with Crippen LogP contribution >= 0.6 is 0 Å². The van der Waals surface area contributed by atoms with Crippen LogP contribution in [0.15, 0.2) is 74.0 Å². The summed E-state index contributed by atoms with van der Waals surface area (Å²) < 4.78 is 17.0. The van der Waals surface area contributed by atoms with Crippen molar-refractivity contribution in [2.75, 3.05) is 13.7 Å². The molecule has 1 aromatic carbocycles. The van der Waals surface area contributed by atoms with E-state index >= 15 is 0 Å². The van der Waals surface area contributed by atoms with Crippen molar-refractivity contribution in [2.45, 2.75) is 47.1 Å². The quantitative estimate of drug-likeness (QED) is 0.426. The van der Waals surface area contributed by atoms with Crippen molar-refractivity contribution in [1.82, 2.24) is 0 Å². The lowest BCUT2D eigenvalue weighted by Crippen LogP contribution is -2.99. The van der Waals surface area contributed by atoms with Crippen LogP contribution in [0.3, 0.4) is 0 Å². The van der Waals surface area contributed by atoms with E-state index in [4.69, 9.17) is 19.1 Å². The van der Waals surface area contributed by atoms with Crippen LogP contribution in [0.25, 0.3) is 6.08 Å². The first-order valence-corrected chi connectivity index (χ1v) is 11.5. The lowest BCUT2D eigenvalue weighted by Gasteiger charge is -2.13. The maximum atomic E-state index is 12.5. The van der Waals surface area contributed by atoms with Gasteiger partial charge in [-0.25, -0.2) is 5.21 Å². The van der Waals surface area contributed by atoms with Crippen molar-refractivity contribution in [1.29, 1.82) is 0 Å². The second-order valence-electron chi connectivity index (χ2n) is 8.94. The van der Waals surface area contributed by atoms with Crippen molar-refractivity contribution in [3.8, 4) is 5.95 Å². The van der Waals surface area contributed by atoms with Crippen LogP contribution < -0.4 is 15.4 Å². The second kappa shape index (κ2) is 11.5. The van der Waals surface area contributed by atoms with Gasteiger partial charge >= 0.3 is 0 Å². The molecule has 7 heteroatoms. The number of ether oxygens (including phenoxy) is 2. The number of allylic oxidation sites excluding steroid dienone is 6. The largest absolute Gasteiger partial charge is 0.595 e. The summed E-state index contributed by atoms with van der Waals surface area (Å²) in [6, 6.07) is 6.80. The Bertz CT molecular complexity index is 1250. The van der Waals surface area contributed by atoms with Gasteiger partial charge in [-0.05, 0) is 57.9 Å². The second-order valence-corrected chi connectivity index (χ2v) is 8.94. The lowest BCUT2D eigenvalue weighted by atomic mass is 10.0. The van der Waals surface area contributed by atoms with Gasteiger partial charge in [-0.15, -0.1) is 0 Å². The molecule has 2 aromatic rings. The van der Waals surface area contributed by atoms with Gasteiger partial charge in [0.25, 0.3) is 5.95 Å². The summed E-state index contributed by atoms with van der Waals surface area (Å²) in [4.78, 5) is 12.5. The summed E-state index contributed by atoms with van der Waals surface area (Å²) in [6.45, 7) is 10.0. The minimum atomic E-state index is -0.931. The molecule has 0 amide bonds. The Labute approximate surface area is 205 Å². The van der Waals surface area contributed by atoms with Crippen LogP contribution in [0.2, 0.25) is 0 Å². The SMILES string of the molecule is COc1oc([C@@H]2CC(=CC(C)=CC(C)=CC(C)=Cc3ccc([NH+]([O-])O)cc3)CO2)c(C)c(=O)c1C. The Morgan fingerprint density at radius 1 is 1.09 bits per heavy atom. The van der Waals surface area contributed by atoms with Crippen LogP contribution in [-0.2, 0) is 4.74 Å². The molecule has 0 radical (unpaired) electrons. The van der Waals surface area contributed by atoms with Crippen LogP contribution in [0.5, 0.6) is 5.95 Å². The van der Waals surface area contributed by atoms with Crippen LogP contribution in [0.4, 0.5) is 5.69 Å². The Kier molecular flexibility index (Phi) is 8.64. The predicted molar refractivity (Wildman–Crippen MR) is 136 cm³/mol. The van der Waals surface area contributed by atoms with Crippen molar-refractivity contribution >= 4 is 11.8 Å². The van der Waals surface area contributed by atoms with Gasteiger partial charge in [0.2, 0.25) is 0 Å². The van der Waals surface area contributed by atoms with E-state index in [1.165, 1.54) is 7.11 Å². The smallest absolute Gasteiger partial charge is 0.291 e. The minimum Gasteiger partial charge on any atom is -0.595 e. The molecule has 0 saturated carbocycles. The fourth-order valence-electron chi connectivity index (χ4n) is 4.22. The number of rotatable bonds is 7. The van der Waals surface area contributed by atoms with E-state index in [2.05, 4.69) is 18.2 Å². The Hall–Kier alpha value is -3.23. The van der Waals surface area contributed by atoms with Crippen molar-refractivity contribution < 1.29 is 24.3 Å². The average Bonchev–Trinajstić information content (AvgIpc) is 3.25. The third kappa shape index (κ3) is 6.68. The molecule has 2 atom stereocenters. The molecule has 186 valence electrons. The fourth-order valence-corrected chi connectivity index (χ4v) is 4.22. The maximum absolute atomic E-state index is 12.5. The Balaban J connectivity index is 1.71. The molecule has 3 rings (SSSR count). The minimum absolute atomic E-state index is 0.0813. The number of methoxy groups -OCH3 is 1. The summed E-state index contributed by atoms with van der Waals surface area (Å²) in [5, 5.41) is 19.1. The van der Waals surface area contributed by atoms with Crippen molar-refractivity contribution in [2.24, 2.45) is 0 Å². The van der Waals surface area contributed by atoms with E-state index in [-0.39, 0.29) is 23.2 Å². The highest BCUT2D eigenvalue weighted by Gasteiger charge is 2.28. The first-order chi connectivity index (χ1) is 16.6. The molecule has 35 heavy (non-hydrogen) atoms. The van der Waals surface area contributed by atoms with Gasteiger partial charge in [0.15, 0.2) is 11.1 Å². The van der Waals surface area contributed by atoms with E-state index in [0.717, 1.165) is 27.9 Å². The summed E-state index contributed by atoms with van der Waals surface area (Å²) in [7, 11) is 1.49. The Morgan fingerprint density at radius 3 is 2.37 bits per heavy atom. The highest BCUT2D eigenvalue weighted by Crippen LogP contribution is 2.35. The molecule has 1 aliphatic rings. The number of quaternary nitrogens is 1. The van der Waals surface area contributed by atoms with Crippen molar-refractivity contribution in [3.63, 3.8) is 0 Å². The van der Waals surface area contributed by atoms with Crippen LogP contribution in [0.1, 0.15) is 55.7 Å². The van der Waals surface area contributed by atoms with E-state index in [1.54, 1.807) is 38.1 Å². The lowest BCUT2D eigenvalue weighted by molar-refractivity contribution is -0.991. The molecule has 2 heterocycles. The van der Waals surface area contributed by atoms with Crippen LogP contribution in [-0.4, -0.2) is 18.9 Å². The molecule has 1 unspecified atom stereocenters. The molecule has 1 fully saturated rings. The molecular weight excluding hydrogens is 446 g/mol. The molecule has 2 N–H and O–H groups in total. The molecule has 0 aliphatic carbocycles. The van der Waals surface area contributed by atoms with Crippen molar-refractivity contribution in [3.05, 3.63) is 103 Å². The van der Waals surface area contributed by atoms with E-state index in [9.17, 15) is 10.0 Å². The molecule has 1 saturated heterocycles. The third-order valence-electron chi connectivity index (χ3n) is 5.85. The highest BCUT2D eigenvalue weighted by molar-refractivity contribution is 5.57. The van der Waals surface area contributed by atoms with Gasteiger partial charge < -0.3 is 19.1 Å². The molecule has 0 bridgehead atoms. The number of nitrogens with one attached hydrogen (secondary N) is 1. The summed E-state index contributed by atoms with van der Waals surface area (Å²) in [5.74, 6) is 0.755. The third-order valence-corrected chi connectivity index (χ3v) is 5.85. The highest BCUT2D eigenvalue weighted by atomic mass is 16.8. The molecule has 7 nitrogen and oxygen atoms in total. The summed E-state index contributed by atoms with van der Waals surface area (Å²) in [5.41, 5.74) is 6.53. The maximum Gasteiger partial charge on any atom is 0.291 e. The summed E-state index contributed by atoms with van der Waals surface area (Å²) in [6.07, 6.45) is 8.64. The van der Waals surface area contributed by atoms with Crippen LogP contribution in [0, 0.1) is 19.1 Å². The molecule has 1 aromatic heterocycles. The zero-order valence-electron chi connectivity index (χ0n) is 21.1. The zero-order valence-corrected chi connectivity index (χ0v) is 21.1. The average molecular weight is 480 g/mol. The number of hydrogen-bond donors (Lipinski definition) is 2. The van der Waals surface area contributed by atoms with E-state index in [1.807, 2.05) is 26.8 Å². The zero-order chi connectivity index (χ0) is 25.7. The van der Waals surface area contributed by atoms with Gasteiger partial charge in [-0.3, -0.25) is 4.79 Å². The molecule has 1 aliphatic heterocycles. The molecule has 0 spiro atoms. The number of benzene rings is 1. The molecular formula is C28H33NO6. The fraction of sp³-hybridized carbons (Fsp3) is 0.321. The predicted octanol–water partition coefficient (Wildman–Crippen LogP) is 5.05. The normalized spacial score (nSPS) is 19.4. The number of hydrogen-bond acceptors (Lipinski definition) is 6. The monoisotopic (exact) mass is 479 g/mol. The standard InChI is InChI=1S/C28H33NO6/c1-17(11-18(2)13-22-7-9-24(10-8-22)29(31)32)12-19(3)14-23-15-25(34-16-23)27-20(4)26(30)21(5)28(33-6)35-27/h7-14,25,29,31H,15-16H2,1-6H3/t25-/m0/s1. The van der Waals surface area contributed by atoms with Gasteiger partial charge in [0.05, 0.1) is 19.3 Å². The summed E-state index contributed by atoms with van der Waals surface area (Å²) >= 11 is 0. The van der Waals surface area contributed by atoms with Gasteiger partial charge in [0, 0.05) is 24.1 Å². The topological polar surface area (TPSA) is 96.4 Å². The first kappa shape index (κ1) is 26.4. The van der Waals surface area contributed by atoms with E-state index < -0.39 is 5.23 Å².